The quantitative estimate of drug-likeness (QED) is 0.918. The number of carboxylic acids is 1. The van der Waals surface area contributed by atoms with Crippen LogP contribution in [0.2, 0.25) is 5.02 Å². The minimum atomic E-state index is -1.01. The van der Waals surface area contributed by atoms with E-state index in [1.54, 1.807) is 6.07 Å². The van der Waals surface area contributed by atoms with Gasteiger partial charge in [-0.25, -0.2) is 9.48 Å². The maximum atomic E-state index is 11.0. The fraction of sp³-hybridized carbons (Fsp3) is 0.273. The normalized spacial score (nSPS) is 12.4. The van der Waals surface area contributed by atoms with Gasteiger partial charge in [0, 0.05) is 5.56 Å². The summed E-state index contributed by atoms with van der Waals surface area (Å²) in [7, 11) is 0. The van der Waals surface area contributed by atoms with Crippen LogP contribution < -0.4 is 0 Å². The molecule has 18 heavy (non-hydrogen) atoms. The van der Waals surface area contributed by atoms with Crippen LogP contribution in [-0.4, -0.2) is 31.3 Å². The monoisotopic (exact) mass is 266 g/mol. The van der Waals surface area contributed by atoms with Crippen LogP contribution >= 0.6 is 11.6 Å². The highest BCUT2D eigenvalue weighted by Crippen LogP contribution is 2.29. The first-order valence-corrected chi connectivity index (χ1v) is 5.66. The summed E-state index contributed by atoms with van der Waals surface area (Å²) in [4.78, 5) is 11.0. The van der Waals surface area contributed by atoms with Crippen molar-refractivity contribution in [1.82, 2.24) is 20.2 Å². The highest BCUT2D eigenvalue weighted by Gasteiger charge is 2.21. The Morgan fingerprint density at radius 3 is 2.89 bits per heavy atom. The van der Waals surface area contributed by atoms with Crippen molar-refractivity contribution < 1.29 is 9.90 Å². The molecule has 6 nitrogen and oxygen atoms in total. The van der Waals surface area contributed by atoms with E-state index in [0.29, 0.717) is 16.4 Å². The molecule has 0 aliphatic heterocycles. The molecule has 0 saturated heterocycles. The third-order valence-electron chi connectivity index (χ3n) is 2.65. The molecule has 0 radical (unpaired) electrons. The van der Waals surface area contributed by atoms with Crippen LogP contribution in [0.4, 0.5) is 0 Å². The number of nitrogens with zero attached hydrogens (tertiary/aromatic N) is 4. The highest BCUT2D eigenvalue weighted by atomic mass is 35.5. The van der Waals surface area contributed by atoms with Gasteiger partial charge in [-0.1, -0.05) is 23.7 Å². The smallest absolute Gasteiger partial charge is 0.328 e. The van der Waals surface area contributed by atoms with E-state index in [1.165, 1.54) is 11.6 Å². The number of halogens is 1. The molecule has 94 valence electrons. The molecule has 7 heteroatoms. The van der Waals surface area contributed by atoms with Gasteiger partial charge in [0.05, 0.1) is 5.02 Å². The van der Waals surface area contributed by atoms with E-state index in [0.717, 1.165) is 5.56 Å². The Bertz CT molecular complexity index is 596. The van der Waals surface area contributed by atoms with Crippen molar-refractivity contribution in [2.24, 2.45) is 0 Å². The number of hydrogen-bond acceptors (Lipinski definition) is 4. The van der Waals surface area contributed by atoms with Crippen molar-refractivity contribution in [3.63, 3.8) is 0 Å². The van der Waals surface area contributed by atoms with Crippen molar-refractivity contribution in [2.45, 2.75) is 19.9 Å². The van der Waals surface area contributed by atoms with Gasteiger partial charge in [0.1, 0.15) is 0 Å². The predicted octanol–water partition coefficient (Wildman–Crippen LogP) is 1.95. The van der Waals surface area contributed by atoms with Gasteiger partial charge in [0.15, 0.2) is 11.9 Å². The second-order valence-corrected chi connectivity index (χ2v) is 4.28. The number of tetrazole rings is 1. The molecule has 1 atom stereocenters. The number of aliphatic carboxylic acids is 1. The molecule has 2 aromatic rings. The number of carbonyl (C=O) groups is 1. The van der Waals surface area contributed by atoms with E-state index >= 15 is 0 Å². The third kappa shape index (κ3) is 2.06. The van der Waals surface area contributed by atoms with Gasteiger partial charge in [-0.15, -0.1) is 5.10 Å². The Labute approximate surface area is 108 Å². The van der Waals surface area contributed by atoms with Crippen LogP contribution in [0.25, 0.3) is 11.4 Å². The van der Waals surface area contributed by atoms with E-state index in [2.05, 4.69) is 15.5 Å². The lowest BCUT2D eigenvalue weighted by atomic mass is 10.1. The van der Waals surface area contributed by atoms with E-state index < -0.39 is 12.0 Å². The topological polar surface area (TPSA) is 80.9 Å². The van der Waals surface area contributed by atoms with Crippen LogP contribution in [-0.2, 0) is 4.79 Å². The number of rotatable bonds is 3. The van der Waals surface area contributed by atoms with Crippen molar-refractivity contribution in [3.05, 3.63) is 28.8 Å². The lowest BCUT2D eigenvalue weighted by Gasteiger charge is -2.10. The maximum absolute atomic E-state index is 11.0. The van der Waals surface area contributed by atoms with Crippen molar-refractivity contribution in [1.29, 1.82) is 0 Å². The van der Waals surface area contributed by atoms with Crippen LogP contribution in [0.1, 0.15) is 18.5 Å². The van der Waals surface area contributed by atoms with Gasteiger partial charge in [-0.05, 0) is 35.9 Å². The van der Waals surface area contributed by atoms with E-state index in [-0.39, 0.29) is 0 Å². The van der Waals surface area contributed by atoms with Crippen LogP contribution in [0.3, 0.4) is 0 Å². The fourth-order valence-corrected chi connectivity index (χ4v) is 1.77. The number of aryl methyl sites for hydroxylation is 1. The summed E-state index contributed by atoms with van der Waals surface area (Å²) in [5.41, 5.74) is 1.50. The van der Waals surface area contributed by atoms with E-state index in [4.69, 9.17) is 16.7 Å². The molecular weight excluding hydrogens is 256 g/mol. The number of aromatic nitrogens is 4. The zero-order valence-corrected chi connectivity index (χ0v) is 10.6. The minimum absolute atomic E-state index is 0.346. The van der Waals surface area contributed by atoms with Crippen molar-refractivity contribution in [3.8, 4) is 11.4 Å². The van der Waals surface area contributed by atoms with Gasteiger partial charge < -0.3 is 5.11 Å². The Morgan fingerprint density at radius 2 is 2.22 bits per heavy atom. The summed E-state index contributed by atoms with van der Waals surface area (Å²) in [6.45, 7) is 3.37. The zero-order valence-electron chi connectivity index (χ0n) is 9.83. The van der Waals surface area contributed by atoms with Gasteiger partial charge in [0.2, 0.25) is 0 Å². The molecule has 0 amide bonds. The molecule has 0 bridgehead atoms. The number of benzene rings is 1. The molecule has 0 aliphatic carbocycles. The summed E-state index contributed by atoms with van der Waals surface area (Å²) < 4.78 is 1.24. The Balaban J connectivity index is 2.56. The first kappa shape index (κ1) is 12.5. The van der Waals surface area contributed by atoms with Crippen LogP contribution in [0, 0.1) is 6.92 Å². The van der Waals surface area contributed by atoms with Gasteiger partial charge >= 0.3 is 5.97 Å². The summed E-state index contributed by atoms with van der Waals surface area (Å²) in [5.74, 6) is -0.661. The average molecular weight is 267 g/mol. The zero-order chi connectivity index (χ0) is 13.3. The summed E-state index contributed by atoms with van der Waals surface area (Å²) >= 11 is 6.18. The van der Waals surface area contributed by atoms with E-state index in [1.807, 2.05) is 19.1 Å². The second kappa shape index (κ2) is 4.73. The summed E-state index contributed by atoms with van der Waals surface area (Å²) in [6.07, 6.45) is 0. The van der Waals surface area contributed by atoms with Gasteiger partial charge in [-0.3, -0.25) is 0 Å². The fourth-order valence-electron chi connectivity index (χ4n) is 1.56. The number of carboxylic acid groups (broad SMARTS) is 1. The summed E-state index contributed by atoms with van der Waals surface area (Å²) in [6, 6.07) is 4.58. The van der Waals surface area contributed by atoms with Gasteiger partial charge in [-0.2, -0.15) is 0 Å². The third-order valence-corrected chi connectivity index (χ3v) is 3.15. The molecule has 1 N–H and O–H groups in total. The second-order valence-electron chi connectivity index (χ2n) is 3.90. The molecule has 1 aromatic carbocycles. The molecule has 1 aromatic heterocycles. The Kier molecular flexibility index (Phi) is 3.29. The highest BCUT2D eigenvalue weighted by molar-refractivity contribution is 6.33. The molecule has 1 unspecified atom stereocenters. The largest absolute Gasteiger partial charge is 0.480 e. The van der Waals surface area contributed by atoms with E-state index in [9.17, 15) is 4.79 Å². The SMILES string of the molecule is Cc1cccc(-c2nnnn2C(C)C(=O)O)c1Cl. The Hall–Kier alpha value is -1.95. The predicted molar refractivity (Wildman–Crippen MR) is 65.3 cm³/mol. The number of hydrogen-bond donors (Lipinski definition) is 1. The van der Waals surface area contributed by atoms with Crippen molar-refractivity contribution in [2.75, 3.05) is 0 Å². The standard InChI is InChI=1S/C11H11ClN4O2/c1-6-4-3-5-8(9(6)12)10-13-14-15-16(10)7(2)11(17)18/h3-5,7H,1-2H3,(H,17,18). The molecule has 2 rings (SSSR count). The van der Waals surface area contributed by atoms with Crippen LogP contribution in [0.15, 0.2) is 18.2 Å². The molecule has 0 aliphatic rings. The minimum Gasteiger partial charge on any atom is -0.480 e. The van der Waals surface area contributed by atoms with Crippen molar-refractivity contribution >= 4 is 17.6 Å². The summed E-state index contributed by atoms with van der Waals surface area (Å²) in [5, 5.41) is 20.6. The molecule has 1 heterocycles. The lowest BCUT2D eigenvalue weighted by molar-refractivity contribution is -0.140. The molecular formula is C11H11ClN4O2. The Morgan fingerprint density at radius 1 is 1.50 bits per heavy atom. The first-order chi connectivity index (χ1) is 8.52. The lowest BCUT2D eigenvalue weighted by Crippen LogP contribution is -2.18. The van der Waals surface area contributed by atoms with Gasteiger partial charge in [0.25, 0.3) is 0 Å². The molecule has 0 spiro atoms. The first-order valence-electron chi connectivity index (χ1n) is 5.28. The molecule has 0 fully saturated rings. The average Bonchev–Trinajstić information content (AvgIpc) is 2.80. The maximum Gasteiger partial charge on any atom is 0.328 e. The van der Waals surface area contributed by atoms with Crippen LogP contribution in [0.5, 0.6) is 0 Å². The molecule has 0 saturated carbocycles.